The second kappa shape index (κ2) is 8.82. The molecule has 2 heterocycles. The molecular weight excluding hydrogens is 409 g/mol. The number of hydrogen-bond acceptors (Lipinski definition) is 7. The van der Waals surface area contributed by atoms with Gasteiger partial charge in [-0.25, -0.2) is 14.4 Å². The lowest BCUT2D eigenvalue weighted by Crippen LogP contribution is -2.36. The van der Waals surface area contributed by atoms with Crippen molar-refractivity contribution in [3.8, 4) is 11.3 Å². The molecule has 0 spiro atoms. The molecular formula is C23H30FN7O. The number of nitrogens with zero attached hydrogens (tertiary/aromatic N) is 5. The van der Waals surface area contributed by atoms with E-state index in [2.05, 4.69) is 39.3 Å². The van der Waals surface area contributed by atoms with Gasteiger partial charge in [0.15, 0.2) is 5.65 Å². The fourth-order valence-electron chi connectivity index (χ4n) is 4.33. The van der Waals surface area contributed by atoms with E-state index in [-0.39, 0.29) is 23.0 Å². The Hall–Kier alpha value is -3.07. The van der Waals surface area contributed by atoms with Crippen LogP contribution < -0.4 is 16.6 Å². The Morgan fingerprint density at radius 2 is 1.91 bits per heavy atom. The minimum absolute atomic E-state index is 0.0254. The molecule has 1 aromatic carbocycles. The summed E-state index contributed by atoms with van der Waals surface area (Å²) in [6, 6.07) is 5.01. The number of nitrogens with two attached hydrogens (primary N) is 1. The smallest absolute Gasteiger partial charge is 0.278 e. The monoisotopic (exact) mass is 439 g/mol. The molecule has 1 saturated carbocycles. The molecule has 0 amide bonds. The fourth-order valence-corrected chi connectivity index (χ4v) is 4.33. The largest absolute Gasteiger partial charge is 0.396 e. The second-order valence-corrected chi connectivity index (χ2v) is 8.98. The summed E-state index contributed by atoms with van der Waals surface area (Å²) in [5.41, 5.74) is 6.74. The van der Waals surface area contributed by atoms with Crippen molar-refractivity contribution >= 4 is 22.8 Å². The third kappa shape index (κ3) is 4.29. The highest BCUT2D eigenvalue weighted by Gasteiger charge is 2.23. The van der Waals surface area contributed by atoms with Gasteiger partial charge in [0.2, 0.25) is 5.95 Å². The predicted octanol–water partition coefficient (Wildman–Crippen LogP) is 3.44. The number of halogens is 1. The molecule has 1 aliphatic rings. The summed E-state index contributed by atoms with van der Waals surface area (Å²) in [6.45, 7) is 3.82. The van der Waals surface area contributed by atoms with Gasteiger partial charge in [0.1, 0.15) is 17.0 Å². The van der Waals surface area contributed by atoms with E-state index in [9.17, 15) is 9.18 Å². The van der Waals surface area contributed by atoms with Gasteiger partial charge in [0, 0.05) is 23.7 Å². The lowest BCUT2D eigenvalue weighted by molar-refractivity contribution is 0.221. The van der Waals surface area contributed by atoms with E-state index in [1.165, 1.54) is 12.1 Å². The quantitative estimate of drug-likeness (QED) is 0.587. The highest BCUT2D eigenvalue weighted by molar-refractivity contribution is 5.75. The molecule has 0 bridgehead atoms. The third-order valence-corrected chi connectivity index (χ3v) is 6.18. The lowest BCUT2D eigenvalue weighted by atomic mass is 9.91. The Labute approximate surface area is 186 Å². The number of benzene rings is 1. The summed E-state index contributed by atoms with van der Waals surface area (Å²) in [5, 5.41) is 3.43. The van der Waals surface area contributed by atoms with Gasteiger partial charge in [-0.3, -0.25) is 9.36 Å². The summed E-state index contributed by atoms with van der Waals surface area (Å²) in [6.07, 6.45) is 5.95. The van der Waals surface area contributed by atoms with Crippen molar-refractivity contribution in [1.29, 1.82) is 0 Å². The van der Waals surface area contributed by atoms with Crippen molar-refractivity contribution < 1.29 is 4.39 Å². The number of nitrogen functional groups attached to an aromatic ring is 1. The van der Waals surface area contributed by atoms with Gasteiger partial charge in [0.25, 0.3) is 5.56 Å². The topological polar surface area (TPSA) is 102 Å². The molecule has 4 rings (SSSR count). The zero-order valence-electron chi connectivity index (χ0n) is 19.0. The fraction of sp³-hybridized carbons (Fsp3) is 0.478. The van der Waals surface area contributed by atoms with E-state index in [1.54, 1.807) is 16.8 Å². The van der Waals surface area contributed by atoms with Crippen LogP contribution in [-0.2, 0) is 0 Å². The lowest BCUT2D eigenvalue weighted by Gasteiger charge is -2.32. The molecule has 0 radical (unpaired) electrons. The Kier molecular flexibility index (Phi) is 6.10. The first kappa shape index (κ1) is 22.1. The number of rotatable bonds is 5. The molecule has 3 aromatic rings. The summed E-state index contributed by atoms with van der Waals surface area (Å²) in [7, 11) is 4.24. The Bertz CT molecular complexity index is 1180. The summed E-state index contributed by atoms with van der Waals surface area (Å²) >= 11 is 0. The number of nitrogens with one attached hydrogen (secondary N) is 1. The van der Waals surface area contributed by atoms with E-state index in [4.69, 9.17) is 5.73 Å². The maximum atomic E-state index is 14.0. The van der Waals surface area contributed by atoms with Crippen LogP contribution >= 0.6 is 0 Å². The molecule has 0 unspecified atom stereocenters. The summed E-state index contributed by atoms with van der Waals surface area (Å²) < 4.78 is 15.6. The van der Waals surface area contributed by atoms with Gasteiger partial charge >= 0.3 is 0 Å². The molecule has 0 atom stereocenters. The highest BCUT2D eigenvalue weighted by Crippen LogP contribution is 2.25. The summed E-state index contributed by atoms with van der Waals surface area (Å²) in [4.78, 5) is 29.1. The van der Waals surface area contributed by atoms with Crippen LogP contribution in [0.4, 0.5) is 16.0 Å². The van der Waals surface area contributed by atoms with Gasteiger partial charge in [-0.1, -0.05) is 6.07 Å². The van der Waals surface area contributed by atoms with Crippen molar-refractivity contribution in [3.63, 3.8) is 0 Å². The molecule has 32 heavy (non-hydrogen) atoms. The third-order valence-electron chi connectivity index (χ3n) is 6.18. The van der Waals surface area contributed by atoms with Gasteiger partial charge < -0.3 is 16.0 Å². The average molecular weight is 440 g/mol. The zero-order chi connectivity index (χ0) is 23.0. The van der Waals surface area contributed by atoms with E-state index in [1.807, 2.05) is 13.8 Å². The first-order valence-electron chi connectivity index (χ1n) is 11.0. The standard InChI is InChI=1S/C23H30FN7O/c1-13(2)31-21-19(28-20(22(31)32)14-5-10-18(25)17(24)11-14)12-26-23(29-21)27-15-6-8-16(9-7-15)30(3)4/h5,10-13,15-16H,6-9,25H2,1-4H3,(H,26,27,29)/t15-,16-. The van der Waals surface area contributed by atoms with Crippen molar-refractivity contribution in [2.45, 2.75) is 57.7 Å². The SMILES string of the molecule is CC(C)n1c(=O)c(-c2ccc(N)c(F)c2)nc2cnc(N[C@H]3CC[C@H](N(C)C)CC3)nc21. The van der Waals surface area contributed by atoms with Gasteiger partial charge in [-0.2, -0.15) is 4.98 Å². The van der Waals surface area contributed by atoms with Crippen molar-refractivity contribution in [2.24, 2.45) is 0 Å². The van der Waals surface area contributed by atoms with Gasteiger partial charge in [0.05, 0.1) is 11.9 Å². The molecule has 2 aromatic heterocycles. The van der Waals surface area contributed by atoms with Crippen LogP contribution in [0.5, 0.6) is 0 Å². The van der Waals surface area contributed by atoms with Crippen LogP contribution in [-0.4, -0.2) is 50.6 Å². The van der Waals surface area contributed by atoms with Crippen LogP contribution in [0.1, 0.15) is 45.6 Å². The average Bonchev–Trinajstić information content (AvgIpc) is 2.75. The molecule has 1 aliphatic carbocycles. The van der Waals surface area contributed by atoms with E-state index in [0.717, 1.165) is 25.7 Å². The normalized spacial score (nSPS) is 19.1. The first-order valence-corrected chi connectivity index (χ1v) is 11.0. The van der Waals surface area contributed by atoms with E-state index < -0.39 is 5.82 Å². The Morgan fingerprint density at radius 1 is 1.19 bits per heavy atom. The Morgan fingerprint density at radius 3 is 2.53 bits per heavy atom. The van der Waals surface area contributed by atoms with Gasteiger partial charge in [-0.05, 0) is 65.8 Å². The highest BCUT2D eigenvalue weighted by atomic mass is 19.1. The molecule has 0 saturated heterocycles. The van der Waals surface area contributed by atoms with Crippen LogP contribution in [0.25, 0.3) is 22.4 Å². The Balaban J connectivity index is 1.70. The molecule has 3 N–H and O–H groups in total. The number of fused-ring (bicyclic) bond motifs is 1. The summed E-state index contributed by atoms with van der Waals surface area (Å²) in [5.74, 6) is -0.0904. The molecule has 8 nitrogen and oxygen atoms in total. The maximum absolute atomic E-state index is 14.0. The molecule has 170 valence electrons. The van der Waals surface area contributed by atoms with Crippen LogP contribution in [0.2, 0.25) is 0 Å². The van der Waals surface area contributed by atoms with E-state index in [0.29, 0.717) is 34.8 Å². The predicted molar refractivity (Wildman–Crippen MR) is 125 cm³/mol. The second-order valence-electron chi connectivity index (χ2n) is 8.98. The number of hydrogen-bond donors (Lipinski definition) is 2. The van der Waals surface area contributed by atoms with Crippen molar-refractivity contribution in [3.05, 3.63) is 40.6 Å². The minimum Gasteiger partial charge on any atom is -0.396 e. The van der Waals surface area contributed by atoms with Crippen LogP contribution in [0, 0.1) is 5.82 Å². The zero-order valence-corrected chi connectivity index (χ0v) is 19.0. The van der Waals surface area contributed by atoms with Crippen LogP contribution in [0.3, 0.4) is 0 Å². The van der Waals surface area contributed by atoms with Crippen LogP contribution in [0.15, 0.2) is 29.2 Å². The van der Waals surface area contributed by atoms with Gasteiger partial charge in [-0.15, -0.1) is 0 Å². The van der Waals surface area contributed by atoms with E-state index >= 15 is 0 Å². The number of aromatic nitrogens is 4. The minimum atomic E-state index is -0.584. The molecule has 9 heteroatoms. The maximum Gasteiger partial charge on any atom is 0.278 e. The number of anilines is 2. The first-order chi connectivity index (χ1) is 15.2. The molecule has 1 fully saturated rings. The van der Waals surface area contributed by atoms with Crippen molar-refractivity contribution in [1.82, 2.24) is 24.4 Å². The molecule has 0 aliphatic heterocycles. The van der Waals surface area contributed by atoms with Crippen molar-refractivity contribution in [2.75, 3.05) is 25.1 Å².